The summed E-state index contributed by atoms with van der Waals surface area (Å²) in [6.45, 7) is 0. The molecule has 0 atom stereocenters. The van der Waals surface area contributed by atoms with Gasteiger partial charge in [-0.15, -0.1) is 0 Å². The Balaban J connectivity index is 1.95. The van der Waals surface area contributed by atoms with E-state index in [-0.39, 0.29) is 5.41 Å². The molecule has 1 aliphatic carbocycles. The second-order valence-electron chi connectivity index (χ2n) is 6.99. The van der Waals surface area contributed by atoms with Crippen LogP contribution in [0.4, 0.5) is 0 Å². The first kappa shape index (κ1) is 17.1. The van der Waals surface area contributed by atoms with E-state index < -0.39 is 0 Å². The Morgan fingerprint density at radius 2 is 1.37 bits per heavy atom. The fraction of sp³-hybridized carbons (Fsp3) is 0.120. The largest absolute Gasteiger partial charge is 0.0898 e. The lowest BCUT2D eigenvalue weighted by molar-refractivity contribution is 0.704. The number of thioether (sulfide) groups is 1. The Morgan fingerprint density at radius 1 is 0.741 bits per heavy atom. The van der Waals surface area contributed by atoms with E-state index >= 15 is 0 Å². The molecule has 0 N–H and O–H groups in total. The lowest BCUT2D eigenvalue weighted by Gasteiger charge is -2.44. The summed E-state index contributed by atoms with van der Waals surface area (Å²) in [6.07, 6.45) is 7.11. The molecule has 0 saturated carbocycles. The van der Waals surface area contributed by atoms with Crippen molar-refractivity contribution in [3.8, 4) is 0 Å². The van der Waals surface area contributed by atoms with E-state index in [2.05, 4.69) is 107 Å². The van der Waals surface area contributed by atoms with Crippen LogP contribution in [0.25, 0.3) is 0 Å². The third-order valence-electron chi connectivity index (χ3n) is 5.49. The van der Waals surface area contributed by atoms with Crippen molar-refractivity contribution in [2.45, 2.75) is 23.2 Å². The summed E-state index contributed by atoms with van der Waals surface area (Å²) in [5.74, 6) is 0. The minimum absolute atomic E-state index is 0.279. The molecule has 132 valence electrons. The van der Waals surface area contributed by atoms with E-state index in [1.165, 1.54) is 32.1 Å². The first-order valence-corrected chi connectivity index (χ1v) is 10.9. The monoisotopic (exact) mass is 430 g/mol. The second-order valence-corrected chi connectivity index (χ2v) is 8.99. The van der Waals surface area contributed by atoms with Crippen molar-refractivity contribution in [2.75, 3.05) is 0 Å². The summed E-state index contributed by atoms with van der Waals surface area (Å²) in [5, 5.41) is 0. The van der Waals surface area contributed by atoms with Crippen molar-refractivity contribution in [1.82, 2.24) is 0 Å². The van der Waals surface area contributed by atoms with Gasteiger partial charge in [-0.1, -0.05) is 101 Å². The highest BCUT2D eigenvalue weighted by atomic mass is 79.9. The molecule has 2 heteroatoms. The molecule has 1 aliphatic heterocycles. The van der Waals surface area contributed by atoms with Crippen LogP contribution >= 0.6 is 27.7 Å². The van der Waals surface area contributed by atoms with E-state index in [9.17, 15) is 0 Å². The van der Waals surface area contributed by atoms with Crippen molar-refractivity contribution in [3.63, 3.8) is 0 Å². The van der Waals surface area contributed by atoms with Gasteiger partial charge in [-0.3, -0.25) is 0 Å². The van der Waals surface area contributed by atoms with Crippen LogP contribution in [0, 0.1) is 0 Å². The Kier molecular flexibility index (Phi) is 4.34. The lowest BCUT2D eigenvalue weighted by atomic mass is 9.63. The van der Waals surface area contributed by atoms with Crippen LogP contribution in [-0.4, -0.2) is 0 Å². The molecular formula is C25H19BrS. The third-order valence-corrected chi connectivity index (χ3v) is 7.17. The molecule has 0 unspecified atom stereocenters. The zero-order chi connectivity index (χ0) is 18.3. The lowest BCUT2D eigenvalue weighted by Crippen LogP contribution is -2.35. The van der Waals surface area contributed by atoms with Crippen LogP contribution in [0.3, 0.4) is 0 Å². The molecule has 5 rings (SSSR count). The van der Waals surface area contributed by atoms with E-state index in [0.29, 0.717) is 0 Å². The van der Waals surface area contributed by atoms with Crippen LogP contribution in [0.1, 0.15) is 29.5 Å². The highest BCUT2D eigenvalue weighted by Crippen LogP contribution is 2.58. The van der Waals surface area contributed by atoms with Crippen LogP contribution < -0.4 is 0 Å². The van der Waals surface area contributed by atoms with Crippen molar-refractivity contribution in [1.29, 1.82) is 0 Å². The number of hydrogen-bond acceptors (Lipinski definition) is 1. The predicted molar refractivity (Wildman–Crippen MR) is 118 cm³/mol. The van der Waals surface area contributed by atoms with Crippen LogP contribution in [0.15, 0.2) is 111 Å². The van der Waals surface area contributed by atoms with Crippen molar-refractivity contribution in [3.05, 3.63) is 123 Å². The quantitative estimate of drug-likeness (QED) is 0.405. The summed E-state index contributed by atoms with van der Waals surface area (Å²) >= 11 is 5.65. The molecule has 0 aromatic heterocycles. The maximum Gasteiger partial charge on any atom is 0.0720 e. The molecule has 0 nitrogen and oxygen atoms in total. The summed E-state index contributed by atoms with van der Waals surface area (Å²) in [6, 6.07) is 28.7. The molecule has 2 aliphatic rings. The SMILES string of the molecule is Brc1ccc2c(c1)C(c1ccccc1)(c1ccccc1)C1=CCCC=C1S2. The van der Waals surface area contributed by atoms with Gasteiger partial charge < -0.3 is 0 Å². The minimum Gasteiger partial charge on any atom is -0.0898 e. The van der Waals surface area contributed by atoms with Gasteiger partial charge >= 0.3 is 0 Å². The zero-order valence-corrected chi connectivity index (χ0v) is 17.3. The first-order chi connectivity index (χ1) is 13.3. The van der Waals surface area contributed by atoms with Gasteiger partial charge in [0.15, 0.2) is 0 Å². The number of allylic oxidation sites excluding steroid dienone is 3. The molecule has 0 fully saturated rings. The van der Waals surface area contributed by atoms with Gasteiger partial charge in [-0.05, 0) is 53.3 Å². The Bertz CT molecular complexity index is 1010. The number of rotatable bonds is 2. The van der Waals surface area contributed by atoms with E-state index in [0.717, 1.165) is 17.3 Å². The highest BCUT2D eigenvalue weighted by Gasteiger charge is 2.46. The fourth-order valence-electron chi connectivity index (χ4n) is 4.40. The van der Waals surface area contributed by atoms with Gasteiger partial charge in [-0.2, -0.15) is 0 Å². The zero-order valence-electron chi connectivity index (χ0n) is 14.9. The van der Waals surface area contributed by atoms with Gasteiger partial charge in [0.2, 0.25) is 0 Å². The Hall–Kier alpha value is -2.03. The maximum atomic E-state index is 3.73. The molecule has 1 heterocycles. The van der Waals surface area contributed by atoms with Gasteiger partial charge in [0.25, 0.3) is 0 Å². The van der Waals surface area contributed by atoms with Crippen LogP contribution in [0.5, 0.6) is 0 Å². The van der Waals surface area contributed by atoms with Gasteiger partial charge in [0.05, 0.1) is 5.41 Å². The van der Waals surface area contributed by atoms with E-state index in [1.54, 1.807) is 0 Å². The number of hydrogen-bond donors (Lipinski definition) is 0. The number of benzene rings is 3. The normalized spacial score (nSPS) is 17.4. The van der Waals surface area contributed by atoms with Crippen LogP contribution in [0.2, 0.25) is 0 Å². The Labute approximate surface area is 173 Å². The fourth-order valence-corrected chi connectivity index (χ4v) is 6.00. The van der Waals surface area contributed by atoms with Crippen molar-refractivity contribution >= 4 is 27.7 Å². The summed E-state index contributed by atoms with van der Waals surface area (Å²) in [7, 11) is 0. The molecule has 27 heavy (non-hydrogen) atoms. The van der Waals surface area contributed by atoms with Gasteiger partial charge in [0, 0.05) is 14.3 Å². The van der Waals surface area contributed by atoms with Gasteiger partial charge in [0.1, 0.15) is 0 Å². The number of fused-ring (bicyclic) bond motifs is 2. The van der Waals surface area contributed by atoms with Crippen LogP contribution in [-0.2, 0) is 5.41 Å². The molecule has 0 amide bonds. The first-order valence-electron chi connectivity index (χ1n) is 9.30. The molecule has 3 aromatic carbocycles. The van der Waals surface area contributed by atoms with E-state index in [1.807, 2.05) is 11.8 Å². The standard InChI is InChI=1S/C25H19BrS/c26-20-15-16-24-22(17-20)25(18-9-3-1-4-10-18,19-11-5-2-6-12-19)21-13-7-8-14-23(21)27-24/h1-6,9-17H,7-8H2. The highest BCUT2D eigenvalue weighted by molar-refractivity contribution is 9.10. The molecule has 0 saturated heterocycles. The van der Waals surface area contributed by atoms with Crippen molar-refractivity contribution < 1.29 is 0 Å². The third kappa shape index (κ3) is 2.66. The molecule has 0 radical (unpaired) electrons. The average Bonchev–Trinajstić information content (AvgIpc) is 2.73. The summed E-state index contributed by atoms with van der Waals surface area (Å²) < 4.78 is 1.13. The maximum absolute atomic E-state index is 3.73. The smallest absolute Gasteiger partial charge is 0.0720 e. The predicted octanol–water partition coefficient (Wildman–Crippen LogP) is 7.49. The number of halogens is 1. The second kappa shape index (κ2) is 6.85. The molecule has 0 spiro atoms. The topological polar surface area (TPSA) is 0 Å². The molecule has 3 aromatic rings. The van der Waals surface area contributed by atoms with E-state index in [4.69, 9.17) is 0 Å². The Morgan fingerprint density at radius 3 is 2.04 bits per heavy atom. The molecule has 0 bridgehead atoms. The van der Waals surface area contributed by atoms with Crippen molar-refractivity contribution in [2.24, 2.45) is 0 Å². The van der Waals surface area contributed by atoms with Gasteiger partial charge in [-0.25, -0.2) is 0 Å². The minimum atomic E-state index is -0.279. The summed E-state index contributed by atoms with van der Waals surface area (Å²) in [4.78, 5) is 2.75. The average molecular weight is 431 g/mol. The molecular weight excluding hydrogens is 412 g/mol. The summed E-state index contributed by atoms with van der Waals surface area (Å²) in [5.41, 5.74) is 5.18.